The first kappa shape index (κ1) is 13.4. The van der Waals surface area contributed by atoms with Crippen LogP contribution < -0.4 is 0 Å². The number of benzene rings is 1. The predicted octanol–water partition coefficient (Wildman–Crippen LogP) is 3.49. The van der Waals surface area contributed by atoms with Gasteiger partial charge in [-0.15, -0.1) is 0 Å². The van der Waals surface area contributed by atoms with E-state index >= 15 is 0 Å². The minimum absolute atomic E-state index is 0.306. The zero-order valence-electron chi connectivity index (χ0n) is 12.0. The van der Waals surface area contributed by atoms with Gasteiger partial charge in [0.1, 0.15) is 5.65 Å². The molecule has 0 radical (unpaired) electrons. The monoisotopic (exact) mass is 280 g/mol. The van der Waals surface area contributed by atoms with Gasteiger partial charge in [0.05, 0.1) is 12.2 Å². The molecular weight excluding hydrogens is 264 g/mol. The van der Waals surface area contributed by atoms with Gasteiger partial charge in [0, 0.05) is 24.2 Å². The summed E-state index contributed by atoms with van der Waals surface area (Å²) in [6, 6.07) is 9.81. The number of nitrogens with zero attached hydrogens (tertiary/aromatic N) is 2. The maximum absolute atomic E-state index is 12.4. The Labute approximate surface area is 123 Å². The molecule has 0 unspecified atom stereocenters. The number of imidazole rings is 1. The number of carbonyl (C=O) groups excluding carboxylic acids is 1. The Morgan fingerprint density at radius 2 is 2.05 bits per heavy atom. The first-order chi connectivity index (χ1) is 10.2. The van der Waals surface area contributed by atoms with Gasteiger partial charge in [0.25, 0.3) is 0 Å². The summed E-state index contributed by atoms with van der Waals surface area (Å²) < 4.78 is 7.15. The van der Waals surface area contributed by atoms with E-state index in [0.29, 0.717) is 12.2 Å². The molecule has 0 aliphatic carbocycles. The van der Waals surface area contributed by atoms with E-state index in [2.05, 4.69) is 4.98 Å². The second-order valence-corrected chi connectivity index (χ2v) is 4.81. The molecule has 0 aliphatic heterocycles. The Morgan fingerprint density at radius 1 is 1.29 bits per heavy atom. The second kappa shape index (κ2) is 5.40. The number of aromatic nitrogens is 2. The summed E-state index contributed by atoms with van der Waals surface area (Å²) in [5, 5.41) is 0. The van der Waals surface area contributed by atoms with E-state index in [1.807, 2.05) is 61.0 Å². The van der Waals surface area contributed by atoms with Gasteiger partial charge in [0.2, 0.25) is 0 Å². The van der Waals surface area contributed by atoms with Crippen LogP contribution in [0.15, 0.2) is 48.9 Å². The first-order valence-corrected chi connectivity index (χ1v) is 6.91. The van der Waals surface area contributed by atoms with Crippen molar-refractivity contribution in [3.05, 3.63) is 60.0 Å². The Bertz CT molecular complexity index is 791. The fourth-order valence-electron chi connectivity index (χ4n) is 2.54. The van der Waals surface area contributed by atoms with Crippen LogP contribution in [0.3, 0.4) is 0 Å². The lowest BCUT2D eigenvalue weighted by atomic mass is 9.98. The Kier molecular flexibility index (Phi) is 3.44. The number of hydrogen-bond acceptors (Lipinski definition) is 3. The van der Waals surface area contributed by atoms with Gasteiger partial charge >= 0.3 is 5.97 Å². The quantitative estimate of drug-likeness (QED) is 0.690. The van der Waals surface area contributed by atoms with Gasteiger partial charge in [-0.25, -0.2) is 9.78 Å². The standard InChI is InChI=1S/C17H16N2O2/c1-3-21-17(20)14-12(2)11-19-10-9-18-16(19)15(14)13-7-5-4-6-8-13/h4-11H,3H2,1-2H3. The Balaban J connectivity index is 2.35. The van der Waals surface area contributed by atoms with E-state index < -0.39 is 0 Å². The zero-order chi connectivity index (χ0) is 14.8. The Hall–Kier alpha value is -2.62. The second-order valence-electron chi connectivity index (χ2n) is 4.81. The zero-order valence-corrected chi connectivity index (χ0v) is 12.0. The molecular formula is C17H16N2O2. The molecule has 1 aromatic carbocycles. The van der Waals surface area contributed by atoms with Crippen LogP contribution in [0.1, 0.15) is 22.8 Å². The fraction of sp³-hybridized carbons (Fsp3) is 0.176. The first-order valence-electron chi connectivity index (χ1n) is 6.91. The van der Waals surface area contributed by atoms with Crippen molar-refractivity contribution >= 4 is 11.6 Å². The number of pyridine rings is 1. The van der Waals surface area contributed by atoms with Crippen LogP contribution in [0.25, 0.3) is 16.8 Å². The molecule has 2 aromatic heterocycles. The highest BCUT2D eigenvalue weighted by Crippen LogP contribution is 2.30. The average Bonchev–Trinajstić information content (AvgIpc) is 2.94. The minimum atomic E-state index is -0.306. The third kappa shape index (κ3) is 2.29. The molecule has 21 heavy (non-hydrogen) atoms. The maximum atomic E-state index is 12.4. The highest BCUT2D eigenvalue weighted by atomic mass is 16.5. The van der Waals surface area contributed by atoms with E-state index in [9.17, 15) is 4.79 Å². The van der Waals surface area contributed by atoms with Crippen molar-refractivity contribution in [3.8, 4) is 11.1 Å². The summed E-state index contributed by atoms with van der Waals surface area (Å²) >= 11 is 0. The third-order valence-electron chi connectivity index (χ3n) is 3.41. The molecule has 0 atom stereocenters. The highest BCUT2D eigenvalue weighted by Gasteiger charge is 2.21. The van der Waals surface area contributed by atoms with Crippen molar-refractivity contribution in [2.45, 2.75) is 13.8 Å². The summed E-state index contributed by atoms with van der Waals surface area (Å²) in [6.45, 7) is 4.08. The number of aryl methyl sites for hydroxylation is 1. The average molecular weight is 280 g/mol. The molecule has 4 nitrogen and oxygen atoms in total. The number of hydrogen-bond donors (Lipinski definition) is 0. The van der Waals surface area contributed by atoms with E-state index in [-0.39, 0.29) is 5.97 Å². The molecule has 0 fully saturated rings. The molecule has 0 spiro atoms. The summed E-state index contributed by atoms with van der Waals surface area (Å²) in [4.78, 5) is 16.8. The van der Waals surface area contributed by atoms with Gasteiger partial charge in [-0.3, -0.25) is 0 Å². The molecule has 2 heterocycles. The van der Waals surface area contributed by atoms with Crippen LogP contribution in [0.2, 0.25) is 0 Å². The van der Waals surface area contributed by atoms with Gasteiger partial charge < -0.3 is 9.14 Å². The summed E-state index contributed by atoms with van der Waals surface area (Å²) in [7, 11) is 0. The van der Waals surface area contributed by atoms with Gasteiger partial charge in [0.15, 0.2) is 0 Å². The van der Waals surface area contributed by atoms with Gasteiger partial charge in [-0.2, -0.15) is 0 Å². The number of fused-ring (bicyclic) bond motifs is 1. The molecule has 106 valence electrons. The van der Waals surface area contributed by atoms with Crippen molar-refractivity contribution in [3.63, 3.8) is 0 Å². The van der Waals surface area contributed by atoms with Gasteiger partial charge in [-0.05, 0) is 25.0 Å². The lowest BCUT2D eigenvalue weighted by Gasteiger charge is -2.13. The van der Waals surface area contributed by atoms with E-state index in [1.165, 1.54) is 0 Å². The summed E-state index contributed by atoms with van der Waals surface area (Å²) in [5.74, 6) is -0.306. The largest absolute Gasteiger partial charge is 0.462 e. The summed E-state index contributed by atoms with van der Waals surface area (Å²) in [5.41, 5.74) is 3.99. The normalized spacial score (nSPS) is 10.8. The van der Waals surface area contributed by atoms with Crippen LogP contribution in [-0.4, -0.2) is 22.0 Å². The van der Waals surface area contributed by atoms with Crippen LogP contribution in [0.5, 0.6) is 0 Å². The van der Waals surface area contributed by atoms with Crippen molar-refractivity contribution in [1.29, 1.82) is 0 Å². The smallest absolute Gasteiger partial charge is 0.339 e. The molecule has 4 heteroatoms. The van der Waals surface area contributed by atoms with Crippen molar-refractivity contribution in [2.24, 2.45) is 0 Å². The number of rotatable bonds is 3. The minimum Gasteiger partial charge on any atom is -0.462 e. The number of esters is 1. The molecule has 3 rings (SSSR count). The van der Waals surface area contributed by atoms with Crippen LogP contribution in [-0.2, 0) is 4.74 Å². The van der Waals surface area contributed by atoms with Gasteiger partial charge in [-0.1, -0.05) is 30.3 Å². The molecule has 0 bridgehead atoms. The molecule has 0 amide bonds. The topological polar surface area (TPSA) is 43.6 Å². The number of carbonyl (C=O) groups is 1. The molecule has 0 saturated heterocycles. The highest BCUT2D eigenvalue weighted by molar-refractivity contribution is 6.02. The molecule has 0 saturated carbocycles. The molecule has 0 N–H and O–H groups in total. The van der Waals surface area contributed by atoms with E-state index in [1.54, 1.807) is 6.20 Å². The fourth-order valence-corrected chi connectivity index (χ4v) is 2.54. The van der Waals surface area contributed by atoms with E-state index in [0.717, 1.165) is 22.3 Å². The molecule has 0 aliphatic rings. The van der Waals surface area contributed by atoms with Crippen LogP contribution >= 0.6 is 0 Å². The van der Waals surface area contributed by atoms with Crippen LogP contribution in [0.4, 0.5) is 0 Å². The van der Waals surface area contributed by atoms with Crippen molar-refractivity contribution in [2.75, 3.05) is 6.61 Å². The van der Waals surface area contributed by atoms with E-state index in [4.69, 9.17) is 4.74 Å². The predicted molar refractivity (Wildman–Crippen MR) is 81.3 cm³/mol. The lowest BCUT2D eigenvalue weighted by molar-refractivity contribution is 0.0526. The Morgan fingerprint density at radius 3 is 2.76 bits per heavy atom. The maximum Gasteiger partial charge on any atom is 0.339 e. The van der Waals surface area contributed by atoms with Crippen LogP contribution in [0, 0.1) is 6.92 Å². The lowest BCUT2D eigenvalue weighted by Crippen LogP contribution is -2.10. The van der Waals surface area contributed by atoms with Crippen molar-refractivity contribution < 1.29 is 9.53 Å². The third-order valence-corrected chi connectivity index (χ3v) is 3.41. The summed E-state index contributed by atoms with van der Waals surface area (Å²) in [6.07, 6.45) is 5.51. The molecule has 3 aromatic rings. The number of ether oxygens (including phenoxy) is 1. The van der Waals surface area contributed by atoms with Crippen molar-refractivity contribution in [1.82, 2.24) is 9.38 Å². The SMILES string of the molecule is CCOC(=O)c1c(C)cn2ccnc2c1-c1ccccc1.